The summed E-state index contributed by atoms with van der Waals surface area (Å²) in [5.74, 6) is 2.17. The number of aliphatic imine (C=N–C) groups is 1. The first-order valence-electron chi connectivity index (χ1n) is 9.53. The summed E-state index contributed by atoms with van der Waals surface area (Å²) in [6.45, 7) is 8.47. The number of carbonyl (C=O) groups excluding carboxylic acids is 1. The molecule has 1 aliphatic heterocycles. The number of nitrogens with zero attached hydrogens (tertiary/aromatic N) is 2. The summed E-state index contributed by atoms with van der Waals surface area (Å²) in [5.41, 5.74) is 0.970. The van der Waals surface area contributed by atoms with E-state index in [1.54, 1.807) is 21.3 Å². The number of benzene rings is 1. The lowest BCUT2D eigenvalue weighted by molar-refractivity contribution is -0.145. The van der Waals surface area contributed by atoms with Gasteiger partial charge in [-0.3, -0.25) is 9.79 Å². The first-order chi connectivity index (χ1) is 13.3. The molecule has 1 aliphatic rings. The van der Waals surface area contributed by atoms with Crippen molar-refractivity contribution >= 4 is 35.9 Å². The van der Waals surface area contributed by atoms with Crippen LogP contribution in [0.4, 0.5) is 0 Å². The molecule has 2 unspecified atom stereocenters. The Balaban J connectivity index is 0.00000420. The van der Waals surface area contributed by atoms with E-state index in [4.69, 9.17) is 14.2 Å². The van der Waals surface area contributed by atoms with E-state index in [2.05, 4.69) is 42.0 Å². The molecule has 2 atom stereocenters. The smallest absolute Gasteiger partial charge is 0.310 e. The maximum Gasteiger partial charge on any atom is 0.310 e. The van der Waals surface area contributed by atoms with Crippen molar-refractivity contribution < 1.29 is 19.0 Å². The first kappa shape index (κ1) is 25.3. The lowest BCUT2D eigenvalue weighted by Gasteiger charge is -2.29. The molecule has 0 spiro atoms. The molecule has 7 nitrogen and oxygen atoms in total. The van der Waals surface area contributed by atoms with E-state index in [1.165, 1.54) is 7.11 Å². The molecule has 1 aromatic rings. The molecular formula is C21H34IN3O4. The topological polar surface area (TPSA) is 72.4 Å². The van der Waals surface area contributed by atoms with Crippen LogP contribution >= 0.6 is 24.0 Å². The summed E-state index contributed by atoms with van der Waals surface area (Å²) in [7, 11) is 6.48. The fraction of sp³-hybridized carbons (Fsp3) is 0.619. The normalized spacial score (nSPS) is 19.4. The van der Waals surface area contributed by atoms with Crippen LogP contribution in [0.1, 0.15) is 26.3 Å². The van der Waals surface area contributed by atoms with Crippen LogP contribution in [0.15, 0.2) is 23.2 Å². The predicted molar refractivity (Wildman–Crippen MR) is 126 cm³/mol. The Kier molecular flexibility index (Phi) is 9.51. The largest absolute Gasteiger partial charge is 0.493 e. The van der Waals surface area contributed by atoms with Crippen LogP contribution in [-0.2, 0) is 14.9 Å². The van der Waals surface area contributed by atoms with Crippen LogP contribution in [-0.4, -0.2) is 64.8 Å². The molecule has 8 heteroatoms. The molecule has 29 heavy (non-hydrogen) atoms. The number of nitrogens with one attached hydrogen (secondary N) is 1. The fourth-order valence-corrected chi connectivity index (χ4v) is 3.59. The molecule has 1 fully saturated rings. The summed E-state index contributed by atoms with van der Waals surface area (Å²) in [4.78, 5) is 18.5. The molecule has 1 heterocycles. The van der Waals surface area contributed by atoms with Gasteiger partial charge in [0, 0.05) is 32.1 Å². The van der Waals surface area contributed by atoms with E-state index < -0.39 is 0 Å². The number of guanidine groups is 1. The maximum atomic E-state index is 12.0. The first-order valence-corrected chi connectivity index (χ1v) is 9.53. The number of carbonyl (C=O) groups is 1. The zero-order chi connectivity index (χ0) is 20.9. The third kappa shape index (κ3) is 5.90. The van der Waals surface area contributed by atoms with Gasteiger partial charge >= 0.3 is 5.97 Å². The van der Waals surface area contributed by atoms with Gasteiger partial charge in [0.2, 0.25) is 0 Å². The summed E-state index contributed by atoms with van der Waals surface area (Å²) in [5, 5.41) is 3.47. The van der Waals surface area contributed by atoms with Gasteiger partial charge in [-0.15, -0.1) is 24.0 Å². The Labute approximate surface area is 191 Å². The number of rotatable bonds is 6. The quantitative estimate of drug-likeness (QED) is 0.270. The van der Waals surface area contributed by atoms with E-state index in [9.17, 15) is 4.79 Å². The highest BCUT2D eigenvalue weighted by atomic mass is 127. The average Bonchev–Trinajstić information content (AvgIpc) is 3.08. The average molecular weight is 519 g/mol. The number of hydrogen-bond donors (Lipinski definition) is 1. The van der Waals surface area contributed by atoms with Crippen molar-refractivity contribution in [1.82, 2.24) is 10.2 Å². The van der Waals surface area contributed by atoms with Gasteiger partial charge in [0.15, 0.2) is 17.5 Å². The Morgan fingerprint density at radius 2 is 1.86 bits per heavy atom. The number of ether oxygens (including phenoxy) is 3. The van der Waals surface area contributed by atoms with E-state index in [0.29, 0.717) is 24.6 Å². The molecule has 1 N–H and O–H groups in total. The van der Waals surface area contributed by atoms with Gasteiger partial charge in [0.25, 0.3) is 0 Å². The third-order valence-electron chi connectivity index (χ3n) is 5.48. The molecule has 0 radical (unpaired) electrons. The predicted octanol–water partition coefficient (Wildman–Crippen LogP) is 2.92. The minimum atomic E-state index is -0.164. The van der Waals surface area contributed by atoms with Crippen molar-refractivity contribution in [3.63, 3.8) is 0 Å². The van der Waals surface area contributed by atoms with Gasteiger partial charge in [-0.2, -0.15) is 0 Å². The molecule has 0 amide bonds. The van der Waals surface area contributed by atoms with Crippen molar-refractivity contribution in [2.45, 2.75) is 26.2 Å². The number of halogens is 1. The Morgan fingerprint density at radius 1 is 1.21 bits per heavy atom. The van der Waals surface area contributed by atoms with Crippen LogP contribution in [0, 0.1) is 11.8 Å². The maximum absolute atomic E-state index is 12.0. The number of esters is 1. The summed E-state index contributed by atoms with van der Waals surface area (Å²) in [6, 6.07) is 5.99. The molecule has 164 valence electrons. The highest BCUT2D eigenvalue weighted by Crippen LogP contribution is 2.33. The Bertz CT molecular complexity index is 724. The molecular weight excluding hydrogens is 485 g/mol. The van der Waals surface area contributed by atoms with Crippen molar-refractivity contribution in [2.24, 2.45) is 16.8 Å². The van der Waals surface area contributed by atoms with Gasteiger partial charge < -0.3 is 24.4 Å². The zero-order valence-corrected chi connectivity index (χ0v) is 20.8. The minimum absolute atomic E-state index is 0. The molecule has 1 aromatic carbocycles. The summed E-state index contributed by atoms with van der Waals surface area (Å²) in [6.07, 6.45) is 0. The van der Waals surface area contributed by atoms with Crippen LogP contribution in [0.2, 0.25) is 0 Å². The van der Waals surface area contributed by atoms with Crippen LogP contribution in [0.5, 0.6) is 11.5 Å². The standard InChI is InChI=1S/C21H33N3O4.HI/c1-14-11-24(12-16(14)19(25)28-7)20(22-4)23-13-21(2,3)15-8-9-17(26-5)18(10-15)27-6;/h8-10,14,16H,11-13H2,1-7H3,(H,22,23);1H. The lowest BCUT2D eigenvalue weighted by atomic mass is 9.84. The summed E-state index contributed by atoms with van der Waals surface area (Å²) >= 11 is 0. The number of hydrogen-bond acceptors (Lipinski definition) is 5. The lowest BCUT2D eigenvalue weighted by Crippen LogP contribution is -2.45. The highest BCUT2D eigenvalue weighted by Gasteiger charge is 2.37. The Hall–Kier alpha value is -1.71. The number of methoxy groups -OCH3 is 3. The molecule has 0 aromatic heterocycles. The van der Waals surface area contributed by atoms with E-state index >= 15 is 0 Å². The van der Waals surface area contributed by atoms with E-state index in [1.807, 2.05) is 12.1 Å². The second kappa shape index (κ2) is 10.9. The van der Waals surface area contributed by atoms with Crippen LogP contribution < -0.4 is 14.8 Å². The monoisotopic (exact) mass is 519 g/mol. The molecule has 0 aliphatic carbocycles. The molecule has 0 saturated carbocycles. The van der Waals surface area contributed by atoms with Gasteiger partial charge in [0.05, 0.1) is 27.2 Å². The molecule has 2 rings (SSSR count). The zero-order valence-electron chi connectivity index (χ0n) is 18.4. The van der Waals surface area contributed by atoms with Gasteiger partial charge in [-0.25, -0.2) is 0 Å². The van der Waals surface area contributed by atoms with Crippen molar-refractivity contribution in [2.75, 3.05) is 48.0 Å². The third-order valence-corrected chi connectivity index (χ3v) is 5.48. The number of likely N-dealkylation sites (tertiary alicyclic amines) is 1. The van der Waals surface area contributed by atoms with Gasteiger partial charge in [-0.05, 0) is 23.6 Å². The van der Waals surface area contributed by atoms with Gasteiger partial charge in [0.1, 0.15) is 0 Å². The fourth-order valence-electron chi connectivity index (χ4n) is 3.59. The second-order valence-corrected chi connectivity index (χ2v) is 7.87. The van der Waals surface area contributed by atoms with E-state index in [-0.39, 0.29) is 47.2 Å². The van der Waals surface area contributed by atoms with Crippen LogP contribution in [0.25, 0.3) is 0 Å². The van der Waals surface area contributed by atoms with Crippen LogP contribution in [0.3, 0.4) is 0 Å². The summed E-state index contributed by atoms with van der Waals surface area (Å²) < 4.78 is 15.7. The second-order valence-electron chi connectivity index (χ2n) is 7.87. The van der Waals surface area contributed by atoms with Gasteiger partial charge in [-0.1, -0.05) is 26.8 Å². The van der Waals surface area contributed by atoms with Crippen molar-refractivity contribution in [3.05, 3.63) is 23.8 Å². The molecule has 1 saturated heterocycles. The SMILES string of the molecule is CN=C(NCC(C)(C)c1ccc(OC)c(OC)c1)N1CC(C)C(C(=O)OC)C1.I. The Morgan fingerprint density at radius 3 is 2.41 bits per heavy atom. The highest BCUT2D eigenvalue weighted by molar-refractivity contribution is 14.0. The van der Waals surface area contributed by atoms with Crippen molar-refractivity contribution in [3.8, 4) is 11.5 Å². The van der Waals surface area contributed by atoms with E-state index in [0.717, 1.165) is 18.1 Å². The minimum Gasteiger partial charge on any atom is -0.493 e. The van der Waals surface area contributed by atoms with Crippen molar-refractivity contribution in [1.29, 1.82) is 0 Å². The molecule has 0 bridgehead atoms.